The number of hydrogen-bond donors (Lipinski definition) is 1. The van der Waals surface area contributed by atoms with E-state index < -0.39 is 11.8 Å². The molecule has 1 aliphatic heterocycles. The van der Waals surface area contributed by atoms with E-state index in [1.165, 1.54) is 4.90 Å². The van der Waals surface area contributed by atoms with Crippen LogP contribution in [0, 0.1) is 13.8 Å². The van der Waals surface area contributed by atoms with Gasteiger partial charge >= 0.3 is 0 Å². The molecule has 1 N–H and O–H groups in total. The van der Waals surface area contributed by atoms with Crippen molar-refractivity contribution in [3.8, 4) is 5.69 Å². The highest BCUT2D eigenvalue weighted by Gasteiger charge is 2.34. The van der Waals surface area contributed by atoms with Gasteiger partial charge in [-0.05, 0) is 92.2 Å². The van der Waals surface area contributed by atoms with E-state index in [4.69, 9.17) is 12.2 Å². The van der Waals surface area contributed by atoms with Crippen LogP contribution in [0.3, 0.4) is 0 Å². The number of carbonyl (C=O) groups excluding carboxylic acids is 2. The number of benzene rings is 2. The summed E-state index contributed by atoms with van der Waals surface area (Å²) in [4.78, 5) is 27.4. The SMILES string of the molecule is CCc1ccc(N2C(=O)/C(=C/c3cc(C)n(-c4ccc(Br)cc4)c3C)C(=O)NC2=S)cc1. The maximum atomic E-state index is 13.3. The van der Waals surface area contributed by atoms with Crippen LogP contribution in [0.4, 0.5) is 5.69 Å². The first-order valence-corrected chi connectivity index (χ1v) is 11.5. The minimum atomic E-state index is -0.491. The van der Waals surface area contributed by atoms with Gasteiger partial charge in [-0.25, -0.2) is 0 Å². The summed E-state index contributed by atoms with van der Waals surface area (Å²) in [7, 11) is 0. The normalized spacial score (nSPS) is 15.4. The summed E-state index contributed by atoms with van der Waals surface area (Å²) < 4.78 is 3.09. The second kappa shape index (κ2) is 8.84. The lowest BCUT2D eigenvalue weighted by Crippen LogP contribution is -2.54. The van der Waals surface area contributed by atoms with Gasteiger partial charge in [0.1, 0.15) is 5.57 Å². The number of rotatable bonds is 4. The number of halogens is 1. The van der Waals surface area contributed by atoms with Gasteiger partial charge in [-0.2, -0.15) is 0 Å². The van der Waals surface area contributed by atoms with Gasteiger partial charge in [0.2, 0.25) is 0 Å². The van der Waals surface area contributed by atoms with Crippen molar-refractivity contribution in [2.45, 2.75) is 27.2 Å². The summed E-state index contributed by atoms with van der Waals surface area (Å²) >= 11 is 8.77. The Balaban J connectivity index is 1.73. The van der Waals surface area contributed by atoms with Gasteiger partial charge in [0.05, 0.1) is 5.69 Å². The van der Waals surface area contributed by atoms with E-state index in [2.05, 4.69) is 32.7 Å². The summed E-state index contributed by atoms with van der Waals surface area (Å²) in [5.74, 6) is -0.925. The van der Waals surface area contributed by atoms with Crippen LogP contribution in [-0.2, 0) is 16.0 Å². The molecule has 0 saturated carbocycles. The summed E-state index contributed by atoms with van der Waals surface area (Å²) in [5.41, 5.74) is 5.58. The Kier molecular flexibility index (Phi) is 6.13. The van der Waals surface area contributed by atoms with Crippen LogP contribution < -0.4 is 10.2 Å². The second-order valence-corrected chi connectivity index (χ2v) is 8.92. The zero-order valence-electron chi connectivity index (χ0n) is 18.0. The highest BCUT2D eigenvalue weighted by atomic mass is 79.9. The smallest absolute Gasteiger partial charge is 0.270 e. The zero-order chi connectivity index (χ0) is 23.0. The van der Waals surface area contributed by atoms with E-state index >= 15 is 0 Å². The lowest BCUT2D eigenvalue weighted by molar-refractivity contribution is -0.122. The third-order valence-corrected chi connectivity index (χ3v) is 6.37. The first-order chi connectivity index (χ1) is 15.3. The minimum absolute atomic E-state index is 0.0502. The zero-order valence-corrected chi connectivity index (χ0v) is 20.4. The fourth-order valence-electron chi connectivity index (χ4n) is 3.85. The van der Waals surface area contributed by atoms with Gasteiger partial charge in [0.25, 0.3) is 11.8 Å². The highest BCUT2D eigenvalue weighted by Crippen LogP contribution is 2.27. The predicted octanol–water partition coefficient (Wildman–Crippen LogP) is 5.25. The average Bonchev–Trinajstić information content (AvgIpc) is 3.05. The van der Waals surface area contributed by atoms with Gasteiger partial charge in [-0.1, -0.05) is 35.0 Å². The molecule has 32 heavy (non-hydrogen) atoms. The summed E-state index contributed by atoms with van der Waals surface area (Å²) in [5, 5.41) is 2.74. The Labute approximate surface area is 200 Å². The third-order valence-electron chi connectivity index (χ3n) is 5.56. The molecule has 3 aromatic rings. The number of hydrogen-bond acceptors (Lipinski definition) is 3. The first kappa shape index (κ1) is 22.2. The molecule has 1 saturated heterocycles. The fraction of sp³-hybridized carbons (Fsp3) is 0.160. The van der Waals surface area contributed by atoms with Crippen molar-refractivity contribution in [1.82, 2.24) is 9.88 Å². The van der Waals surface area contributed by atoms with Gasteiger partial charge in [0.15, 0.2) is 5.11 Å². The van der Waals surface area contributed by atoms with E-state index in [1.807, 2.05) is 68.4 Å². The molecule has 4 rings (SSSR count). The molecule has 0 bridgehead atoms. The average molecular weight is 508 g/mol. The molecule has 0 atom stereocenters. The third kappa shape index (κ3) is 4.06. The Morgan fingerprint density at radius 1 is 1.00 bits per heavy atom. The standard InChI is InChI=1S/C25H22BrN3O2S/c1-4-17-5-9-21(10-6-17)29-24(31)22(23(30)27-25(29)32)14-18-13-15(2)28(16(18)3)20-11-7-19(26)8-12-20/h5-14H,4H2,1-3H3,(H,27,30,32)/b22-14+. The molecule has 0 unspecified atom stereocenters. The molecule has 5 nitrogen and oxygen atoms in total. The van der Waals surface area contributed by atoms with Crippen molar-refractivity contribution in [2.24, 2.45) is 0 Å². The Bertz CT molecular complexity index is 1260. The number of amides is 2. The molecule has 0 spiro atoms. The number of anilines is 1. The molecule has 1 fully saturated rings. The lowest BCUT2D eigenvalue weighted by atomic mass is 10.1. The van der Waals surface area contributed by atoms with Crippen LogP contribution >= 0.6 is 28.1 Å². The van der Waals surface area contributed by atoms with Gasteiger partial charge in [0, 0.05) is 21.5 Å². The van der Waals surface area contributed by atoms with Crippen LogP contribution in [0.1, 0.15) is 29.4 Å². The van der Waals surface area contributed by atoms with E-state index in [9.17, 15) is 9.59 Å². The Morgan fingerprint density at radius 2 is 1.62 bits per heavy atom. The van der Waals surface area contributed by atoms with Gasteiger partial charge in [-0.15, -0.1) is 0 Å². The van der Waals surface area contributed by atoms with Gasteiger partial charge < -0.3 is 4.57 Å². The second-order valence-electron chi connectivity index (χ2n) is 7.62. The molecule has 2 aromatic carbocycles. The van der Waals surface area contributed by atoms with E-state index in [-0.39, 0.29) is 10.7 Å². The molecule has 1 aliphatic rings. The Hall–Kier alpha value is -3.03. The van der Waals surface area contributed by atoms with E-state index in [0.717, 1.165) is 39.1 Å². The molecule has 1 aromatic heterocycles. The van der Waals surface area contributed by atoms with Crippen molar-refractivity contribution < 1.29 is 9.59 Å². The quantitative estimate of drug-likeness (QED) is 0.298. The Morgan fingerprint density at radius 3 is 2.25 bits per heavy atom. The van der Waals surface area contributed by atoms with E-state index in [0.29, 0.717) is 5.69 Å². The molecular formula is C25H22BrN3O2S. The number of nitrogens with zero attached hydrogens (tertiary/aromatic N) is 2. The van der Waals surface area contributed by atoms with Crippen molar-refractivity contribution in [3.05, 3.63) is 87.2 Å². The molecule has 2 heterocycles. The number of nitrogens with one attached hydrogen (secondary N) is 1. The molecule has 0 aliphatic carbocycles. The van der Waals surface area contributed by atoms with Crippen LogP contribution in [0.25, 0.3) is 11.8 Å². The lowest BCUT2D eigenvalue weighted by Gasteiger charge is -2.29. The van der Waals surface area contributed by atoms with Gasteiger partial charge in [-0.3, -0.25) is 19.8 Å². The monoisotopic (exact) mass is 507 g/mol. The summed E-state index contributed by atoms with van der Waals surface area (Å²) in [6.07, 6.45) is 2.54. The topological polar surface area (TPSA) is 54.3 Å². The molecule has 162 valence electrons. The maximum Gasteiger partial charge on any atom is 0.270 e. The minimum Gasteiger partial charge on any atom is -0.318 e. The number of aryl methyl sites for hydroxylation is 2. The largest absolute Gasteiger partial charge is 0.318 e. The fourth-order valence-corrected chi connectivity index (χ4v) is 4.39. The van der Waals surface area contributed by atoms with Crippen molar-refractivity contribution in [2.75, 3.05) is 4.90 Å². The van der Waals surface area contributed by atoms with Crippen molar-refractivity contribution in [3.63, 3.8) is 0 Å². The number of thiocarbonyl (C=S) groups is 1. The van der Waals surface area contributed by atoms with Crippen LogP contribution in [0.5, 0.6) is 0 Å². The van der Waals surface area contributed by atoms with E-state index in [1.54, 1.807) is 6.08 Å². The predicted molar refractivity (Wildman–Crippen MR) is 135 cm³/mol. The summed E-state index contributed by atoms with van der Waals surface area (Å²) in [6, 6.07) is 17.6. The molecule has 0 radical (unpaired) electrons. The van der Waals surface area contributed by atoms with Crippen molar-refractivity contribution in [1.29, 1.82) is 0 Å². The van der Waals surface area contributed by atoms with Crippen LogP contribution in [-0.4, -0.2) is 21.5 Å². The van der Waals surface area contributed by atoms with Crippen LogP contribution in [0.2, 0.25) is 0 Å². The maximum absolute atomic E-state index is 13.3. The number of aromatic nitrogens is 1. The molecule has 2 amide bonds. The number of carbonyl (C=O) groups is 2. The van der Waals surface area contributed by atoms with Crippen LogP contribution in [0.15, 0.2) is 64.6 Å². The first-order valence-electron chi connectivity index (χ1n) is 10.3. The van der Waals surface area contributed by atoms with Crippen molar-refractivity contribution >= 4 is 56.8 Å². The summed E-state index contributed by atoms with van der Waals surface area (Å²) in [6.45, 7) is 6.03. The highest BCUT2D eigenvalue weighted by molar-refractivity contribution is 9.10. The molecule has 7 heteroatoms. The molecular weight excluding hydrogens is 486 g/mol.